The van der Waals surface area contributed by atoms with Gasteiger partial charge in [-0.25, -0.2) is 0 Å². The highest BCUT2D eigenvalue weighted by Gasteiger charge is 2.20. The topological polar surface area (TPSA) is 27.7 Å². The van der Waals surface area contributed by atoms with Gasteiger partial charge in [-0.3, -0.25) is 4.90 Å². The molecule has 2 aliphatic heterocycles. The van der Waals surface area contributed by atoms with Gasteiger partial charge in [0.05, 0.1) is 13.2 Å². The zero-order valence-electron chi connectivity index (χ0n) is 12.0. The van der Waals surface area contributed by atoms with Gasteiger partial charge in [0, 0.05) is 38.3 Å². The number of rotatable bonds is 5. The minimum atomic E-state index is 0.708. The lowest BCUT2D eigenvalue weighted by Gasteiger charge is -2.35. The van der Waals surface area contributed by atoms with E-state index in [0.717, 1.165) is 38.9 Å². The number of hydrogen-bond donors (Lipinski definition) is 1. The normalized spacial score (nSPS) is 24.8. The highest BCUT2D eigenvalue weighted by molar-refractivity contribution is 4.79. The molecule has 4 nitrogen and oxygen atoms in total. The molecule has 106 valence electrons. The fourth-order valence-corrected chi connectivity index (χ4v) is 2.87. The molecule has 2 aliphatic rings. The van der Waals surface area contributed by atoms with Crippen molar-refractivity contribution in [3.8, 4) is 0 Å². The summed E-state index contributed by atoms with van der Waals surface area (Å²) in [7, 11) is 0. The van der Waals surface area contributed by atoms with Crippen molar-refractivity contribution in [2.75, 3.05) is 52.5 Å². The Morgan fingerprint density at radius 2 is 1.78 bits per heavy atom. The summed E-state index contributed by atoms with van der Waals surface area (Å²) in [6, 6.07) is 1.44. The number of nitrogens with zero attached hydrogens (tertiary/aromatic N) is 2. The molecule has 0 amide bonds. The molecule has 0 radical (unpaired) electrons. The molecule has 0 aromatic carbocycles. The Kier molecular flexibility index (Phi) is 5.89. The molecule has 18 heavy (non-hydrogen) atoms. The third-order valence-corrected chi connectivity index (χ3v) is 4.22. The molecule has 2 saturated heterocycles. The van der Waals surface area contributed by atoms with Gasteiger partial charge in [0.15, 0.2) is 0 Å². The largest absolute Gasteiger partial charge is 0.379 e. The predicted octanol–water partition coefficient (Wildman–Crippen LogP) is 0.781. The zero-order valence-corrected chi connectivity index (χ0v) is 12.0. The van der Waals surface area contributed by atoms with E-state index in [-0.39, 0.29) is 0 Å². The number of hydrogen-bond acceptors (Lipinski definition) is 4. The average Bonchev–Trinajstić information content (AvgIpc) is 2.40. The Morgan fingerprint density at radius 1 is 1.11 bits per heavy atom. The van der Waals surface area contributed by atoms with Crippen molar-refractivity contribution in [3.05, 3.63) is 0 Å². The quantitative estimate of drug-likeness (QED) is 0.786. The van der Waals surface area contributed by atoms with E-state index in [2.05, 4.69) is 29.0 Å². The van der Waals surface area contributed by atoms with Gasteiger partial charge in [-0.05, 0) is 39.8 Å². The van der Waals surface area contributed by atoms with Gasteiger partial charge in [-0.15, -0.1) is 0 Å². The van der Waals surface area contributed by atoms with Crippen molar-refractivity contribution in [1.82, 2.24) is 15.1 Å². The molecule has 0 saturated carbocycles. The summed E-state index contributed by atoms with van der Waals surface area (Å²) >= 11 is 0. The van der Waals surface area contributed by atoms with Gasteiger partial charge in [0.2, 0.25) is 0 Å². The third kappa shape index (κ3) is 4.50. The van der Waals surface area contributed by atoms with Gasteiger partial charge in [-0.1, -0.05) is 0 Å². The first kappa shape index (κ1) is 14.3. The summed E-state index contributed by atoms with van der Waals surface area (Å²) in [6.07, 6.45) is 2.61. The minimum absolute atomic E-state index is 0.708. The first-order chi connectivity index (χ1) is 8.75. The Labute approximate surface area is 112 Å². The standard InChI is InChI=1S/C14H29N3O/c1-13(2)17-6-3-14(4-7-17)15-5-8-16-9-11-18-12-10-16/h13-15H,3-12H2,1-2H3. The van der Waals surface area contributed by atoms with Crippen LogP contribution in [0.1, 0.15) is 26.7 Å². The van der Waals surface area contributed by atoms with Crippen LogP contribution in [0.4, 0.5) is 0 Å². The molecule has 4 heteroatoms. The second kappa shape index (κ2) is 7.43. The summed E-state index contributed by atoms with van der Waals surface area (Å²) in [6.45, 7) is 13.4. The van der Waals surface area contributed by atoms with Crippen LogP contribution in [0.3, 0.4) is 0 Å². The summed E-state index contributed by atoms with van der Waals surface area (Å²) < 4.78 is 5.36. The van der Waals surface area contributed by atoms with E-state index in [1.807, 2.05) is 0 Å². The predicted molar refractivity (Wildman–Crippen MR) is 75.0 cm³/mol. The molecule has 0 aliphatic carbocycles. The van der Waals surface area contributed by atoms with Crippen molar-refractivity contribution in [1.29, 1.82) is 0 Å². The summed E-state index contributed by atoms with van der Waals surface area (Å²) in [5.74, 6) is 0. The molecular formula is C14H29N3O. The van der Waals surface area contributed by atoms with E-state index < -0.39 is 0 Å². The lowest BCUT2D eigenvalue weighted by molar-refractivity contribution is 0.0377. The second-order valence-corrected chi connectivity index (χ2v) is 5.81. The number of likely N-dealkylation sites (tertiary alicyclic amines) is 1. The van der Waals surface area contributed by atoms with Crippen LogP contribution in [0, 0.1) is 0 Å². The van der Waals surface area contributed by atoms with E-state index in [9.17, 15) is 0 Å². The number of nitrogens with one attached hydrogen (secondary N) is 1. The van der Waals surface area contributed by atoms with Crippen LogP contribution in [-0.4, -0.2) is 74.4 Å². The minimum Gasteiger partial charge on any atom is -0.379 e. The molecule has 0 spiro atoms. The first-order valence-corrected chi connectivity index (χ1v) is 7.53. The second-order valence-electron chi connectivity index (χ2n) is 5.81. The maximum absolute atomic E-state index is 5.36. The van der Waals surface area contributed by atoms with Gasteiger partial charge >= 0.3 is 0 Å². The maximum atomic E-state index is 5.36. The fraction of sp³-hybridized carbons (Fsp3) is 1.00. The smallest absolute Gasteiger partial charge is 0.0594 e. The Hall–Kier alpha value is -0.160. The van der Waals surface area contributed by atoms with Crippen molar-refractivity contribution in [3.63, 3.8) is 0 Å². The molecule has 2 heterocycles. The van der Waals surface area contributed by atoms with Gasteiger partial charge < -0.3 is 15.0 Å². The lowest BCUT2D eigenvalue weighted by Crippen LogP contribution is -2.47. The van der Waals surface area contributed by atoms with Gasteiger partial charge in [-0.2, -0.15) is 0 Å². The summed E-state index contributed by atoms with van der Waals surface area (Å²) in [5.41, 5.74) is 0. The zero-order chi connectivity index (χ0) is 12.8. The Morgan fingerprint density at radius 3 is 2.39 bits per heavy atom. The van der Waals surface area contributed by atoms with E-state index in [0.29, 0.717) is 6.04 Å². The van der Waals surface area contributed by atoms with Crippen LogP contribution in [-0.2, 0) is 4.74 Å². The lowest BCUT2D eigenvalue weighted by atomic mass is 10.0. The van der Waals surface area contributed by atoms with Crippen LogP contribution in [0.25, 0.3) is 0 Å². The van der Waals surface area contributed by atoms with Gasteiger partial charge in [0.1, 0.15) is 0 Å². The maximum Gasteiger partial charge on any atom is 0.0594 e. The SMILES string of the molecule is CC(C)N1CCC(NCCN2CCOCC2)CC1. The van der Waals surface area contributed by atoms with E-state index in [1.54, 1.807) is 0 Å². The molecule has 1 N–H and O–H groups in total. The Bertz CT molecular complexity index is 221. The molecule has 0 aromatic heterocycles. The fourth-order valence-electron chi connectivity index (χ4n) is 2.87. The molecule has 0 aromatic rings. The van der Waals surface area contributed by atoms with E-state index >= 15 is 0 Å². The molecule has 2 fully saturated rings. The number of piperidine rings is 1. The average molecular weight is 255 g/mol. The number of morpholine rings is 1. The molecule has 0 atom stereocenters. The van der Waals surface area contributed by atoms with Crippen LogP contribution in [0.15, 0.2) is 0 Å². The highest BCUT2D eigenvalue weighted by Crippen LogP contribution is 2.12. The van der Waals surface area contributed by atoms with Crippen molar-refractivity contribution in [2.45, 2.75) is 38.8 Å². The van der Waals surface area contributed by atoms with Crippen LogP contribution in [0.2, 0.25) is 0 Å². The third-order valence-electron chi connectivity index (χ3n) is 4.22. The van der Waals surface area contributed by atoms with Crippen molar-refractivity contribution >= 4 is 0 Å². The van der Waals surface area contributed by atoms with Crippen LogP contribution in [0.5, 0.6) is 0 Å². The van der Waals surface area contributed by atoms with Gasteiger partial charge in [0.25, 0.3) is 0 Å². The van der Waals surface area contributed by atoms with E-state index in [4.69, 9.17) is 4.74 Å². The first-order valence-electron chi connectivity index (χ1n) is 7.53. The monoisotopic (exact) mass is 255 g/mol. The molecular weight excluding hydrogens is 226 g/mol. The molecule has 2 rings (SSSR count). The van der Waals surface area contributed by atoms with Crippen LogP contribution >= 0.6 is 0 Å². The summed E-state index contributed by atoms with van der Waals surface area (Å²) in [4.78, 5) is 5.08. The van der Waals surface area contributed by atoms with Crippen molar-refractivity contribution < 1.29 is 4.74 Å². The highest BCUT2D eigenvalue weighted by atomic mass is 16.5. The Balaban J connectivity index is 1.55. The summed E-state index contributed by atoms with van der Waals surface area (Å²) in [5, 5.41) is 3.72. The van der Waals surface area contributed by atoms with E-state index in [1.165, 1.54) is 32.5 Å². The molecule has 0 unspecified atom stereocenters. The molecule has 0 bridgehead atoms. The number of ether oxygens (including phenoxy) is 1. The van der Waals surface area contributed by atoms with Crippen LogP contribution < -0.4 is 5.32 Å². The van der Waals surface area contributed by atoms with Crippen molar-refractivity contribution in [2.24, 2.45) is 0 Å².